The van der Waals surface area contributed by atoms with Crippen LogP contribution in [-0.4, -0.2) is 50.3 Å². The monoisotopic (exact) mass is 433 g/mol. The number of phenolic OH excluding ortho intramolecular Hbond substituents is 1. The normalized spacial score (nSPS) is 27.8. The molecule has 7 heteroatoms. The van der Waals surface area contributed by atoms with Crippen LogP contribution in [0.4, 0.5) is 5.69 Å². The Morgan fingerprint density at radius 2 is 2.03 bits per heavy atom. The number of aromatic hydroxyl groups is 1. The molecule has 2 aromatic carbocycles. The summed E-state index contributed by atoms with van der Waals surface area (Å²) in [5.41, 5.74) is 2.35. The topological polar surface area (TPSA) is 103 Å². The molecule has 7 nitrogen and oxygen atoms in total. The van der Waals surface area contributed by atoms with Crippen molar-refractivity contribution in [1.29, 1.82) is 0 Å². The lowest BCUT2D eigenvalue weighted by molar-refractivity contribution is -0.384. The number of nitrogens with zero attached hydrogens (tertiary/aromatic N) is 2. The maximum Gasteiger partial charge on any atom is 0.270 e. The highest BCUT2D eigenvalue weighted by Crippen LogP contribution is 2.52. The Morgan fingerprint density at radius 1 is 1.19 bits per heavy atom. The smallest absolute Gasteiger partial charge is 0.270 e. The van der Waals surface area contributed by atoms with Crippen molar-refractivity contribution in [2.24, 2.45) is 5.92 Å². The number of nitro benzene ring substituents is 1. The Balaban J connectivity index is 1.49. The van der Waals surface area contributed by atoms with E-state index in [1.807, 2.05) is 12.1 Å². The number of hydrogen-bond acceptors (Lipinski definition) is 5. The molecule has 1 aromatic heterocycles. The van der Waals surface area contributed by atoms with Gasteiger partial charge in [0.2, 0.25) is 0 Å². The Bertz CT molecular complexity index is 1230. The molecule has 2 heterocycles. The van der Waals surface area contributed by atoms with Crippen molar-refractivity contribution in [1.82, 2.24) is 9.88 Å². The third-order valence-corrected chi connectivity index (χ3v) is 7.98. The number of β-amino-alcohol motifs (C(OH)–C–C–N with tert-alkyl or cyclic N) is 1. The van der Waals surface area contributed by atoms with Gasteiger partial charge in [0.25, 0.3) is 5.69 Å². The van der Waals surface area contributed by atoms with Crippen LogP contribution in [0.3, 0.4) is 0 Å². The van der Waals surface area contributed by atoms with Gasteiger partial charge in [-0.15, -0.1) is 0 Å². The van der Waals surface area contributed by atoms with Crippen molar-refractivity contribution in [3.63, 3.8) is 0 Å². The first-order chi connectivity index (χ1) is 15.4. The number of phenols is 1. The first-order valence-electron chi connectivity index (χ1n) is 11.4. The van der Waals surface area contributed by atoms with Crippen LogP contribution in [0, 0.1) is 16.0 Å². The number of rotatable bonds is 4. The number of aliphatic hydroxyl groups is 1. The Labute approximate surface area is 185 Å². The first kappa shape index (κ1) is 19.8. The lowest BCUT2D eigenvalue weighted by atomic mass is 9.56. The number of hydrogen-bond donors (Lipinski definition) is 3. The average molecular weight is 434 g/mol. The minimum Gasteiger partial charge on any atom is -0.508 e. The van der Waals surface area contributed by atoms with Crippen molar-refractivity contribution in [2.45, 2.75) is 43.1 Å². The van der Waals surface area contributed by atoms with Crippen LogP contribution >= 0.6 is 0 Å². The summed E-state index contributed by atoms with van der Waals surface area (Å²) in [5.74, 6) is 0.944. The molecule has 0 bridgehead atoms. The molecular formula is C25H27N3O4. The van der Waals surface area contributed by atoms with E-state index in [1.165, 1.54) is 18.9 Å². The highest BCUT2D eigenvalue weighted by atomic mass is 16.6. The minimum atomic E-state index is -1.03. The van der Waals surface area contributed by atoms with Gasteiger partial charge in [0.15, 0.2) is 0 Å². The fraction of sp³-hybridized carbons (Fsp3) is 0.440. The van der Waals surface area contributed by atoms with Crippen molar-refractivity contribution in [3.8, 4) is 5.75 Å². The number of fused-ring (bicyclic) bond motifs is 4. The number of piperidine rings is 1. The van der Waals surface area contributed by atoms with Crippen molar-refractivity contribution >= 4 is 16.6 Å². The van der Waals surface area contributed by atoms with Crippen LogP contribution in [0.15, 0.2) is 42.5 Å². The average Bonchev–Trinajstić information content (AvgIpc) is 3.51. The van der Waals surface area contributed by atoms with Crippen LogP contribution in [0.25, 0.3) is 10.9 Å². The summed E-state index contributed by atoms with van der Waals surface area (Å²) in [6.07, 6.45) is 4.38. The molecule has 1 aliphatic heterocycles. The summed E-state index contributed by atoms with van der Waals surface area (Å²) < 4.78 is 0. The summed E-state index contributed by atoms with van der Waals surface area (Å²) in [6.45, 7) is 2.50. The molecule has 0 amide bonds. The second kappa shape index (κ2) is 6.80. The molecule has 2 fully saturated rings. The summed E-state index contributed by atoms with van der Waals surface area (Å²) >= 11 is 0. The van der Waals surface area contributed by atoms with E-state index in [1.54, 1.807) is 24.3 Å². The Hall–Kier alpha value is -2.90. The number of aromatic amines is 1. The summed E-state index contributed by atoms with van der Waals surface area (Å²) in [5, 5.41) is 34.7. The molecule has 0 spiro atoms. The zero-order valence-corrected chi connectivity index (χ0v) is 17.9. The maximum absolute atomic E-state index is 12.3. The van der Waals surface area contributed by atoms with Gasteiger partial charge in [0.1, 0.15) is 5.75 Å². The molecule has 166 valence electrons. The van der Waals surface area contributed by atoms with Crippen LogP contribution in [-0.2, 0) is 18.3 Å². The molecule has 6 rings (SSSR count). The molecule has 0 unspecified atom stereocenters. The van der Waals surface area contributed by atoms with Crippen LogP contribution in [0.2, 0.25) is 0 Å². The number of non-ortho nitro benzene ring substituents is 1. The Kier molecular flexibility index (Phi) is 4.20. The van der Waals surface area contributed by atoms with E-state index >= 15 is 0 Å². The van der Waals surface area contributed by atoms with Gasteiger partial charge in [0, 0.05) is 60.1 Å². The second-order valence-electron chi connectivity index (χ2n) is 10.0. The number of H-pyrrole nitrogens is 1. The molecule has 1 saturated heterocycles. The van der Waals surface area contributed by atoms with Crippen molar-refractivity contribution in [2.75, 3.05) is 19.6 Å². The molecule has 32 heavy (non-hydrogen) atoms. The summed E-state index contributed by atoms with van der Waals surface area (Å²) in [7, 11) is 0. The molecule has 3 aliphatic rings. The van der Waals surface area contributed by atoms with Gasteiger partial charge in [-0.25, -0.2) is 0 Å². The number of nitrogens with one attached hydrogen (secondary N) is 1. The third kappa shape index (κ3) is 2.95. The maximum atomic E-state index is 12.3. The first-order valence-corrected chi connectivity index (χ1v) is 11.4. The Morgan fingerprint density at radius 3 is 2.78 bits per heavy atom. The molecule has 1 saturated carbocycles. The lowest BCUT2D eigenvalue weighted by Crippen LogP contribution is -2.66. The molecule has 2 atom stereocenters. The van der Waals surface area contributed by atoms with Gasteiger partial charge in [-0.05, 0) is 61.1 Å². The van der Waals surface area contributed by atoms with Gasteiger partial charge in [-0.1, -0.05) is 12.1 Å². The van der Waals surface area contributed by atoms with E-state index in [0.717, 1.165) is 53.2 Å². The number of benzene rings is 2. The van der Waals surface area contributed by atoms with Crippen LogP contribution in [0.1, 0.15) is 36.1 Å². The second-order valence-corrected chi connectivity index (χ2v) is 10.0. The van der Waals surface area contributed by atoms with E-state index in [0.29, 0.717) is 19.4 Å². The van der Waals surface area contributed by atoms with Crippen molar-refractivity contribution < 1.29 is 15.1 Å². The van der Waals surface area contributed by atoms with E-state index in [2.05, 4.69) is 9.88 Å². The van der Waals surface area contributed by atoms with Crippen LogP contribution in [0.5, 0.6) is 5.75 Å². The largest absolute Gasteiger partial charge is 0.508 e. The highest BCUT2D eigenvalue weighted by Gasteiger charge is 2.57. The standard InChI is InChI=1S/C25H27N3O4/c29-19-3-1-2-17(10-19)24-8-9-27(14-16-4-5-16)15-25(24,30)12-21-20-11-18(28(31)32)6-7-22(20)26-23(21)13-24/h1-3,6-7,10-11,16,26,29-30H,4-5,8-9,12-15H2/t24-,25-/m0/s1. The predicted molar refractivity (Wildman–Crippen MR) is 121 cm³/mol. The van der Waals surface area contributed by atoms with Gasteiger partial charge < -0.3 is 20.1 Å². The molecule has 2 aliphatic carbocycles. The van der Waals surface area contributed by atoms with Gasteiger partial charge >= 0.3 is 0 Å². The minimum absolute atomic E-state index is 0.0649. The molecule has 3 aromatic rings. The number of nitro groups is 1. The highest BCUT2D eigenvalue weighted by molar-refractivity contribution is 5.87. The third-order valence-electron chi connectivity index (χ3n) is 7.98. The predicted octanol–water partition coefficient (Wildman–Crippen LogP) is 3.67. The van der Waals surface area contributed by atoms with E-state index < -0.39 is 11.0 Å². The fourth-order valence-corrected chi connectivity index (χ4v) is 6.15. The van der Waals surface area contributed by atoms with Crippen LogP contribution < -0.4 is 0 Å². The molecular weight excluding hydrogens is 406 g/mol. The lowest BCUT2D eigenvalue weighted by Gasteiger charge is -2.56. The SMILES string of the molecule is O=[N+]([O-])c1ccc2[nH]c3c(c2c1)C[C@]1(O)CN(CC2CC2)CC[C@@]1(c1cccc(O)c1)C3. The van der Waals surface area contributed by atoms with E-state index in [9.17, 15) is 20.3 Å². The molecule has 3 N–H and O–H groups in total. The summed E-state index contributed by atoms with van der Waals surface area (Å²) in [6, 6.07) is 12.2. The van der Waals surface area contributed by atoms with Crippen molar-refractivity contribution in [3.05, 3.63) is 69.4 Å². The fourth-order valence-electron chi connectivity index (χ4n) is 6.15. The van der Waals surface area contributed by atoms with E-state index in [4.69, 9.17) is 0 Å². The zero-order valence-electron chi connectivity index (χ0n) is 17.9. The van der Waals surface area contributed by atoms with Gasteiger partial charge in [0.05, 0.1) is 10.5 Å². The summed E-state index contributed by atoms with van der Waals surface area (Å²) in [4.78, 5) is 16.9. The van der Waals surface area contributed by atoms with Gasteiger partial charge in [-0.3, -0.25) is 10.1 Å². The molecule has 0 radical (unpaired) electrons. The van der Waals surface area contributed by atoms with E-state index in [-0.39, 0.29) is 16.4 Å². The quantitative estimate of drug-likeness (QED) is 0.430. The number of aromatic nitrogens is 1. The number of likely N-dealkylation sites (tertiary alicyclic amines) is 1. The zero-order chi connectivity index (χ0) is 22.1. The van der Waals surface area contributed by atoms with Gasteiger partial charge in [-0.2, -0.15) is 0 Å².